The molecule has 6 nitrogen and oxygen atoms in total. The van der Waals surface area contributed by atoms with Crippen LogP contribution in [0, 0.1) is 0 Å². The quantitative estimate of drug-likeness (QED) is 0.145. The van der Waals surface area contributed by atoms with Gasteiger partial charge in [0.15, 0.2) is 0 Å². The summed E-state index contributed by atoms with van der Waals surface area (Å²) in [6, 6.07) is 37.0. The van der Waals surface area contributed by atoms with Gasteiger partial charge in [-0.2, -0.15) is 0 Å². The third-order valence-corrected chi connectivity index (χ3v) is 12.8. The number of aliphatic imine (C=N–C) groups is 1. The van der Waals surface area contributed by atoms with Gasteiger partial charge in [0.2, 0.25) is 0 Å². The van der Waals surface area contributed by atoms with E-state index in [0.29, 0.717) is 25.1 Å². The Bertz CT molecular complexity index is 1420. The number of unbranched alkanes of at least 4 members (excludes halogenated alkanes) is 1. The maximum atomic E-state index is 18.5. The standard InChI is InChI=1S/C33H37FN5OP.ClH/c1-39(2)33-37-31(36-32(35)38-33)26-20-22-27(23-21-26)40-24-12-13-25-41(34,28-14-6-3-7-15-28,29-16-8-4-9-17-29)30-18-10-5-11-19-30;/h3-11,14-23,31H,12-13,24-25H2,1-2H3,(H3,35,36,37,38);1H. The second-order valence-corrected chi connectivity index (χ2v) is 14.8. The molecule has 0 radical (unpaired) electrons. The molecule has 1 atom stereocenters. The van der Waals surface area contributed by atoms with E-state index in [-0.39, 0.29) is 18.6 Å². The monoisotopic (exact) mass is 605 g/mol. The number of rotatable bonds is 10. The number of nitrogens with zero attached hydrogens (tertiary/aromatic N) is 2. The van der Waals surface area contributed by atoms with E-state index in [4.69, 9.17) is 10.5 Å². The molecule has 0 aliphatic carbocycles. The van der Waals surface area contributed by atoms with Crippen molar-refractivity contribution in [3.63, 3.8) is 0 Å². The SMILES string of the molecule is C[N+](C)=C1NC(N)=NC(c2ccc(OCCCCP(F)(c3ccccc3)(c3ccccc3)c3ccccc3)cc2)N1.[Cl-]. The second kappa shape index (κ2) is 13.4. The number of benzene rings is 4. The number of ether oxygens (including phenoxy) is 1. The van der Waals surface area contributed by atoms with Crippen molar-refractivity contribution in [3.05, 3.63) is 121 Å². The molecule has 0 fully saturated rings. The number of guanidine groups is 2. The van der Waals surface area contributed by atoms with Crippen LogP contribution in [0.3, 0.4) is 0 Å². The number of hydrogen-bond donors (Lipinski definition) is 3. The summed E-state index contributed by atoms with van der Waals surface area (Å²) in [6.07, 6.45) is 1.54. The summed E-state index contributed by atoms with van der Waals surface area (Å²) < 4.78 is 26.5. The molecule has 1 unspecified atom stereocenters. The largest absolute Gasteiger partial charge is 1.00 e. The Morgan fingerprint density at radius 1 is 0.786 bits per heavy atom. The summed E-state index contributed by atoms with van der Waals surface area (Å²) in [5, 5.41) is 8.63. The Hall–Kier alpha value is -3.93. The molecule has 0 aromatic heterocycles. The van der Waals surface area contributed by atoms with E-state index in [0.717, 1.165) is 39.6 Å². The predicted octanol–water partition coefficient (Wildman–Crippen LogP) is 1.40. The van der Waals surface area contributed by atoms with Crippen molar-refractivity contribution in [1.29, 1.82) is 0 Å². The van der Waals surface area contributed by atoms with Crippen molar-refractivity contribution in [2.75, 3.05) is 26.9 Å². The maximum Gasteiger partial charge on any atom is -1.00 e. The van der Waals surface area contributed by atoms with Crippen LogP contribution in [0.15, 0.2) is 120 Å². The van der Waals surface area contributed by atoms with Gasteiger partial charge in [0.25, 0.3) is 0 Å². The Balaban J connectivity index is 0.00000405. The minimum Gasteiger partial charge on any atom is -1.00 e. The molecule has 0 amide bonds. The van der Waals surface area contributed by atoms with E-state index in [2.05, 4.69) is 15.6 Å². The predicted molar refractivity (Wildman–Crippen MR) is 170 cm³/mol. The third-order valence-electron chi connectivity index (χ3n) is 7.56. The Morgan fingerprint density at radius 2 is 1.29 bits per heavy atom. The minimum absolute atomic E-state index is 0. The van der Waals surface area contributed by atoms with Gasteiger partial charge in [-0.25, -0.2) is 5.32 Å². The molecular weight excluding hydrogens is 568 g/mol. The molecule has 0 spiro atoms. The number of halogens is 2. The smallest absolute Gasteiger partial charge is 1.00 e. The van der Waals surface area contributed by atoms with Gasteiger partial charge in [0.05, 0.1) is 14.1 Å². The molecule has 0 bridgehead atoms. The maximum absolute atomic E-state index is 18.5. The van der Waals surface area contributed by atoms with Crippen LogP contribution in [0.1, 0.15) is 24.6 Å². The summed E-state index contributed by atoms with van der Waals surface area (Å²) >= 11 is 0. The van der Waals surface area contributed by atoms with Gasteiger partial charge in [0, 0.05) is 0 Å². The summed E-state index contributed by atoms with van der Waals surface area (Å²) in [4.78, 5) is 4.46. The van der Waals surface area contributed by atoms with Crippen molar-refractivity contribution in [3.8, 4) is 5.75 Å². The second-order valence-electron chi connectivity index (χ2n) is 10.5. The summed E-state index contributed by atoms with van der Waals surface area (Å²) in [7, 11) is 3.86. The molecule has 9 heteroatoms. The molecule has 1 aliphatic rings. The summed E-state index contributed by atoms with van der Waals surface area (Å²) in [6.45, 7) is -3.71. The molecule has 1 heterocycles. The van der Waals surface area contributed by atoms with E-state index in [1.807, 2.05) is 134 Å². The fourth-order valence-corrected chi connectivity index (χ4v) is 10.3. The molecule has 4 N–H and O–H groups in total. The van der Waals surface area contributed by atoms with E-state index in [9.17, 15) is 0 Å². The van der Waals surface area contributed by atoms with Crippen molar-refractivity contribution in [2.45, 2.75) is 19.0 Å². The molecule has 5 rings (SSSR count). The van der Waals surface area contributed by atoms with Crippen molar-refractivity contribution < 1.29 is 25.9 Å². The molecule has 42 heavy (non-hydrogen) atoms. The minimum atomic E-state index is -4.21. The Labute approximate surface area is 254 Å². The Kier molecular flexibility index (Phi) is 9.87. The van der Waals surface area contributed by atoms with Gasteiger partial charge in [-0.1, -0.05) is 0 Å². The van der Waals surface area contributed by atoms with Crippen LogP contribution in [-0.2, 0) is 0 Å². The van der Waals surface area contributed by atoms with E-state index in [1.54, 1.807) is 0 Å². The number of hydrogen-bond acceptors (Lipinski definition) is 3. The van der Waals surface area contributed by atoms with Gasteiger partial charge >= 0.3 is 212 Å². The first-order valence-electron chi connectivity index (χ1n) is 13.9. The number of nitrogens with one attached hydrogen (secondary N) is 2. The van der Waals surface area contributed by atoms with Crippen LogP contribution >= 0.6 is 6.91 Å². The normalized spacial score (nSPS) is 15.6. The van der Waals surface area contributed by atoms with Gasteiger partial charge in [-0.05, 0) is 0 Å². The zero-order valence-corrected chi connectivity index (χ0v) is 25.6. The first kappa shape index (κ1) is 31.0. The molecule has 4 aromatic rings. The molecule has 220 valence electrons. The van der Waals surface area contributed by atoms with Crippen LogP contribution in [0.5, 0.6) is 5.75 Å². The van der Waals surface area contributed by atoms with Gasteiger partial charge < -0.3 is 18.1 Å². The van der Waals surface area contributed by atoms with Crippen molar-refractivity contribution >= 4 is 34.7 Å². The molecular formula is C33H38ClFN5OP. The van der Waals surface area contributed by atoms with Crippen LogP contribution in [0.4, 0.5) is 4.20 Å². The summed E-state index contributed by atoms with van der Waals surface area (Å²) in [5.74, 6) is 1.92. The van der Waals surface area contributed by atoms with E-state index >= 15 is 4.20 Å². The molecule has 1 aliphatic heterocycles. The Morgan fingerprint density at radius 3 is 1.76 bits per heavy atom. The van der Waals surface area contributed by atoms with Gasteiger partial charge in [-0.15, -0.1) is 0 Å². The van der Waals surface area contributed by atoms with E-state index < -0.39 is 6.91 Å². The molecule has 4 aromatic carbocycles. The van der Waals surface area contributed by atoms with Gasteiger partial charge in [-0.3, -0.25) is 4.58 Å². The van der Waals surface area contributed by atoms with Crippen LogP contribution in [0.2, 0.25) is 0 Å². The average molecular weight is 606 g/mol. The first-order valence-corrected chi connectivity index (χ1v) is 16.2. The average Bonchev–Trinajstić information content (AvgIpc) is 3.02. The molecule has 0 saturated heterocycles. The van der Waals surface area contributed by atoms with Crippen LogP contribution in [0.25, 0.3) is 0 Å². The first-order chi connectivity index (χ1) is 19.9. The fraction of sp³-hybridized carbons (Fsp3) is 0.212. The summed E-state index contributed by atoms with van der Waals surface area (Å²) in [5.41, 5.74) is 6.95. The zero-order valence-electron chi connectivity index (χ0n) is 24.0. The van der Waals surface area contributed by atoms with Crippen molar-refractivity contribution in [2.24, 2.45) is 10.7 Å². The topological polar surface area (TPSA) is 74.7 Å². The number of nitrogens with two attached hydrogens (primary N) is 1. The van der Waals surface area contributed by atoms with Crippen LogP contribution < -0.4 is 49.4 Å². The third kappa shape index (κ3) is 6.28. The van der Waals surface area contributed by atoms with E-state index in [1.165, 1.54) is 0 Å². The zero-order chi connectivity index (χ0) is 28.7. The van der Waals surface area contributed by atoms with Crippen molar-refractivity contribution in [1.82, 2.24) is 10.6 Å². The molecule has 0 saturated carbocycles. The van der Waals surface area contributed by atoms with Gasteiger partial charge in [0.1, 0.15) is 0 Å². The fourth-order valence-electron chi connectivity index (χ4n) is 5.39. The van der Waals surface area contributed by atoms with Crippen LogP contribution in [-0.4, -0.2) is 43.4 Å².